The van der Waals surface area contributed by atoms with Gasteiger partial charge in [0.05, 0.1) is 6.61 Å². The smallest absolute Gasteiger partial charge is 0.191 e. The summed E-state index contributed by atoms with van der Waals surface area (Å²) in [6.07, 6.45) is 5.07. The molecule has 0 aromatic carbocycles. The van der Waals surface area contributed by atoms with E-state index in [1.807, 2.05) is 0 Å². The zero-order chi connectivity index (χ0) is 11.6. The number of nitrogens with zero attached hydrogens (tertiary/aromatic N) is 1. The topological polar surface area (TPSA) is 45.6 Å². The number of nitrogens with one attached hydrogen (secondary N) is 2. The Hall–Kier alpha value is -0.0400. The molecule has 0 aliphatic heterocycles. The van der Waals surface area contributed by atoms with Crippen LogP contribution in [0.15, 0.2) is 4.99 Å². The summed E-state index contributed by atoms with van der Waals surface area (Å²) < 4.78 is 5.46. The van der Waals surface area contributed by atoms with Gasteiger partial charge >= 0.3 is 0 Å². The molecule has 0 radical (unpaired) electrons. The number of unbranched alkanes of at least 4 members (excludes halogenated alkanes) is 1. The predicted octanol–water partition coefficient (Wildman–Crippen LogP) is 2.00. The molecule has 0 amide bonds. The van der Waals surface area contributed by atoms with Gasteiger partial charge in [-0.15, -0.1) is 24.0 Å². The molecular weight excluding hydrogens is 329 g/mol. The predicted molar refractivity (Wildman–Crippen MR) is 83.2 cm³/mol. The number of hydrogen-bond acceptors (Lipinski definition) is 2. The highest BCUT2D eigenvalue weighted by molar-refractivity contribution is 14.0. The Kier molecular flexibility index (Phi) is 11.0. The number of halogens is 1. The molecule has 0 saturated heterocycles. The van der Waals surface area contributed by atoms with Gasteiger partial charge in [0.25, 0.3) is 0 Å². The van der Waals surface area contributed by atoms with Crippen molar-refractivity contribution in [3.05, 3.63) is 0 Å². The van der Waals surface area contributed by atoms with Gasteiger partial charge in [-0.25, -0.2) is 0 Å². The van der Waals surface area contributed by atoms with Gasteiger partial charge in [0, 0.05) is 26.7 Å². The summed E-state index contributed by atoms with van der Waals surface area (Å²) in [7, 11) is 1.81. The Bertz CT molecular complexity index is 208. The minimum atomic E-state index is 0. The van der Waals surface area contributed by atoms with Crippen molar-refractivity contribution in [1.29, 1.82) is 0 Å². The molecule has 1 aliphatic rings. The van der Waals surface area contributed by atoms with E-state index in [4.69, 9.17) is 4.74 Å². The first-order valence-electron chi connectivity index (χ1n) is 6.39. The van der Waals surface area contributed by atoms with Crippen LogP contribution in [0.25, 0.3) is 0 Å². The van der Waals surface area contributed by atoms with Crippen LogP contribution in [0.5, 0.6) is 0 Å². The molecule has 102 valence electrons. The molecule has 0 aromatic heterocycles. The molecule has 0 heterocycles. The second-order valence-electron chi connectivity index (χ2n) is 4.29. The molecule has 2 N–H and O–H groups in total. The number of ether oxygens (including phenoxy) is 1. The van der Waals surface area contributed by atoms with Crippen molar-refractivity contribution in [3.8, 4) is 0 Å². The van der Waals surface area contributed by atoms with Gasteiger partial charge in [-0.1, -0.05) is 13.3 Å². The zero-order valence-corrected chi connectivity index (χ0v) is 13.3. The molecule has 1 fully saturated rings. The van der Waals surface area contributed by atoms with Crippen molar-refractivity contribution in [1.82, 2.24) is 10.6 Å². The summed E-state index contributed by atoms with van der Waals surface area (Å²) >= 11 is 0. The lowest BCUT2D eigenvalue weighted by Gasteiger charge is -2.11. The Labute approximate surface area is 122 Å². The normalized spacial score (nSPS) is 15.3. The van der Waals surface area contributed by atoms with E-state index >= 15 is 0 Å². The average Bonchev–Trinajstić information content (AvgIpc) is 3.11. The summed E-state index contributed by atoms with van der Waals surface area (Å²) in [5.41, 5.74) is 0. The van der Waals surface area contributed by atoms with Crippen molar-refractivity contribution in [2.24, 2.45) is 10.9 Å². The quantitative estimate of drug-likeness (QED) is 0.303. The van der Waals surface area contributed by atoms with Gasteiger partial charge in [0.1, 0.15) is 0 Å². The lowest BCUT2D eigenvalue weighted by atomic mass is 10.4. The van der Waals surface area contributed by atoms with E-state index in [1.165, 1.54) is 19.3 Å². The molecule has 0 spiro atoms. The highest BCUT2D eigenvalue weighted by Crippen LogP contribution is 2.27. The Morgan fingerprint density at radius 1 is 1.29 bits per heavy atom. The number of hydrogen-bond donors (Lipinski definition) is 2. The van der Waals surface area contributed by atoms with Crippen LogP contribution in [-0.2, 0) is 4.74 Å². The third-order valence-electron chi connectivity index (χ3n) is 2.66. The first-order valence-corrected chi connectivity index (χ1v) is 6.39. The number of rotatable bonds is 8. The summed E-state index contributed by atoms with van der Waals surface area (Å²) in [5.74, 6) is 1.77. The maximum Gasteiger partial charge on any atom is 0.191 e. The second-order valence-corrected chi connectivity index (χ2v) is 4.29. The van der Waals surface area contributed by atoms with Crippen LogP contribution in [0, 0.1) is 5.92 Å². The van der Waals surface area contributed by atoms with Crippen LogP contribution >= 0.6 is 24.0 Å². The highest BCUT2D eigenvalue weighted by atomic mass is 127. The molecule has 0 unspecified atom stereocenters. The summed E-state index contributed by atoms with van der Waals surface area (Å²) in [6, 6.07) is 0. The molecule has 17 heavy (non-hydrogen) atoms. The monoisotopic (exact) mass is 355 g/mol. The third kappa shape index (κ3) is 9.64. The third-order valence-corrected chi connectivity index (χ3v) is 2.66. The average molecular weight is 355 g/mol. The van der Waals surface area contributed by atoms with Crippen molar-refractivity contribution < 1.29 is 4.74 Å². The summed E-state index contributed by atoms with van der Waals surface area (Å²) in [6.45, 7) is 5.67. The fraction of sp³-hybridized carbons (Fsp3) is 0.917. The van der Waals surface area contributed by atoms with Gasteiger partial charge in [-0.05, 0) is 25.2 Å². The van der Waals surface area contributed by atoms with E-state index in [2.05, 4.69) is 22.5 Å². The maximum absolute atomic E-state index is 5.46. The molecule has 1 aliphatic carbocycles. The van der Waals surface area contributed by atoms with Gasteiger partial charge in [-0.2, -0.15) is 0 Å². The molecule has 0 atom stereocenters. The van der Waals surface area contributed by atoms with Crippen LogP contribution < -0.4 is 10.6 Å². The first-order chi connectivity index (χ1) is 7.86. The molecule has 1 saturated carbocycles. The maximum atomic E-state index is 5.46. The van der Waals surface area contributed by atoms with Crippen LogP contribution in [0.3, 0.4) is 0 Å². The van der Waals surface area contributed by atoms with Crippen molar-refractivity contribution >= 4 is 29.9 Å². The van der Waals surface area contributed by atoms with Gasteiger partial charge in [-0.3, -0.25) is 4.99 Å². The van der Waals surface area contributed by atoms with Crippen molar-refractivity contribution in [3.63, 3.8) is 0 Å². The Balaban J connectivity index is 0.00000256. The molecule has 1 rings (SSSR count). The van der Waals surface area contributed by atoms with E-state index in [9.17, 15) is 0 Å². The SMILES string of the molecule is CCCCOCCNC(=NC)NCC1CC1.I. The zero-order valence-electron chi connectivity index (χ0n) is 11.0. The van der Waals surface area contributed by atoms with Crippen molar-refractivity contribution in [2.45, 2.75) is 32.6 Å². The van der Waals surface area contributed by atoms with Gasteiger partial charge in [0.15, 0.2) is 5.96 Å². The highest BCUT2D eigenvalue weighted by Gasteiger charge is 2.20. The minimum Gasteiger partial charge on any atom is -0.380 e. The molecular formula is C12H26IN3O. The van der Waals surface area contributed by atoms with Crippen LogP contribution in [0.1, 0.15) is 32.6 Å². The largest absolute Gasteiger partial charge is 0.380 e. The van der Waals surface area contributed by atoms with Crippen LogP contribution in [0.4, 0.5) is 0 Å². The van der Waals surface area contributed by atoms with Gasteiger partial charge < -0.3 is 15.4 Å². The Morgan fingerprint density at radius 2 is 2.06 bits per heavy atom. The number of guanidine groups is 1. The fourth-order valence-corrected chi connectivity index (χ4v) is 1.37. The van der Waals surface area contributed by atoms with E-state index in [-0.39, 0.29) is 24.0 Å². The van der Waals surface area contributed by atoms with Crippen LogP contribution in [-0.4, -0.2) is 39.3 Å². The standard InChI is InChI=1S/C12H25N3O.HI/c1-3-4-8-16-9-7-14-12(13-2)15-10-11-5-6-11;/h11H,3-10H2,1-2H3,(H2,13,14,15);1H. The lowest BCUT2D eigenvalue weighted by Crippen LogP contribution is -2.39. The summed E-state index contributed by atoms with van der Waals surface area (Å²) in [4.78, 5) is 4.16. The lowest BCUT2D eigenvalue weighted by molar-refractivity contribution is 0.136. The van der Waals surface area contributed by atoms with E-state index in [1.54, 1.807) is 7.05 Å². The van der Waals surface area contributed by atoms with Crippen LogP contribution in [0.2, 0.25) is 0 Å². The second kappa shape index (κ2) is 11.1. The molecule has 0 aromatic rings. The number of aliphatic imine (C=N–C) groups is 1. The Morgan fingerprint density at radius 3 is 2.65 bits per heavy atom. The minimum absolute atomic E-state index is 0. The molecule has 4 nitrogen and oxygen atoms in total. The fourth-order valence-electron chi connectivity index (χ4n) is 1.37. The van der Waals surface area contributed by atoms with E-state index in [0.29, 0.717) is 0 Å². The molecule has 5 heteroatoms. The van der Waals surface area contributed by atoms with E-state index in [0.717, 1.165) is 44.6 Å². The molecule has 0 bridgehead atoms. The summed E-state index contributed by atoms with van der Waals surface area (Å²) in [5, 5.41) is 6.56. The van der Waals surface area contributed by atoms with Crippen molar-refractivity contribution in [2.75, 3.05) is 33.4 Å². The van der Waals surface area contributed by atoms with E-state index < -0.39 is 0 Å². The first kappa shape index (κ1) is 17.0. The van der Waals surface area contributed by atoms with Gasteiger partial charge in [0.2, 0.25) is 0 Å².